The highest BCUT2D eigenvalue weighted by Crippen LogP contribution is 2.29. The third-order valence-electron chi connectivity index (χ3n) is 3.24. The highest BCUT2D eigenvalue weighted by molar-refractivity contribution is 7.91. The first kappa shape index (κ1) is 16.5. The summed E-state index contributed by atoms with van der Waals surface area (Å²) in [6.07, 6.45) is 0.818. The van der Waals surface area contributed by atoms with Crippen LogP contribution in [-0.4, -0.2) is 38.4 Å². The lowest BCUT2D eigenvalue weighted by molar-refractivity contribution is -0.116. The van der Waals surface area contributed by atoms with E-state index in [2.05, 4.69) is 10.6 Å². The van der Waals surface area contributed by atoms with Crippen LogP contribution >= 0.6 is 23.2 Å². The first-order valence-electron chi connectivity index (χ1n) is 6.55. The SMILES string of the molecule is O=C(CCNC1CCS(=O)(=O)C1)Nc1c(Cl)cccc1Cl. The summed E-state index contributed by atoms with van der Waals surface area (Å²) in [6.45, 7) is 0.411. The molecule has 5 nitrogen and oxygen atoms in total. The zero-order valence-corrected chi connectivity index (χ0v) is 13.6. The van der Waals surface area contributed by atoms with Crippen LogP contribution in [-0.2, 0) is 14.6 Å². The molecule has 2 rings (SSSR count). The van der Waals surface area contributed by atoms with Gasteiger partial charge in [-0.25, -0.2) is 8.42 Å². The number of amides is 1. The number of carbonyl (C=O) groups excluding carboxylic acids is 1. The summed E-state index contributed by atoms with van der Waals surface area (Å²) in [5.74, 6) is 0.134. The fraction of sp³-hybridized carbons (Fsp3) is 0.462. The summed E-state index contributed by atoms with van der Waals surface area (Å²) in [5, 5.41) is 6.50. The maximum atomic E-state index is 11.8. The molecular weight excluding hydrogens is 335 g/mol. The van der Waals surface area contributed by atoms with Crippen LogP contribution in [0, 0.1) is 0 Å². The molecule has 1 aromatic rings. The molecule has 1 aliphatic heterocycles. The third kappa shape index (κ3) is 4.85. The normalized spacial score (nSPS) is 20.4. The average molecular weight is 351 g/mol. The van der Waals surface area contributed by atoms with Gasteiger partial charge in [0.25, 0.3) is 0 Å². The molecule has 0 saturated carbocycles. The number of nitrogens with one attached hydrogen (secondary N) is 2. The Balaban J connectivity index is 1.78. The Morgan fingerprint density at radius 3 is 2.52 bits per heavy atom. The van der Waals surface area contributed by atoms with Gasteiger partial charge in [-0.1, -0.05) is 29.3 Å². The van der Waals surface area contributed by atoms with Crippen molar-refractivity contribution in [3.05, 3.63) is 28.2 Å². The Hall–Kier alpha value is -0.820. The zero-order valence-electron chi connectivity index (χ0n) is 11.2. The van der Waals surface area contributed by atoms with Gasteiger partial charge in [0, 0.05) is 19.0 Å². The first-order chi connectivity index (χ1) is 9.87. The largest absolute Gasteiger partial charge is 0.324 e. The van der Waals surface area contributed by atoms with E-state index in [0.717, 1.165) is 0 Å². The van der Waals surface area contributed by atoms with E-state index >= 15 is 0 Å². The molecule has 0 spiro atoms. The number of sulfone groups is 1. The van der Waals surface area contributed by atoms with Gasteiger partial charge in [0.05, 0.1) is 27.2 Å². The van der Waals surface area contributed by atoms with Crippen LogP contribution in [0.5, 0.6) is 0 Å². The molecule has 1 aromatic carbocycles. The summed E-state index contributed by atoms with van der Waals surface area (Å²) in [6, 6.07) is 4.92. The standard InChI is InChI=1S/C13H16Cl2N2O3S/c14-10-2-1-3-11(15)13(10)17-12(18)4-6-16-9-5-7-21(19,20)8-9/h1-3,9,16H,4-8H2,(H,17,18). The first-order valence-corrected chi connectivity index (χ1v) is 9.13. The summed E-state index contributed by atoms with van der Waals surface area (Å²) >= 11 is 11.9. The van der Waals surface area contributed by atoms with Crippen LogP contribution in [0.3, 0.4) is 0 Å². The van der Waals surface area contributed by atoms with Gasteiger partial charge >= 0.3 is 0 Å². The molecular formula is C13H16Cl2N2O3S. The van der Waals surface area contributed by atoms with Crippen molar-refractivity contribution >= 4 is 44.6 Å². The molecule has 1 unspecified atom stereocenters. The molecule has 0 radical (unpaired) electrons. The van der Waals surface area contributed by atoms with E-state index in [1.54, 1.807) is 18.2 Å². The summed E-state index contributed by atoms with van der Waals surface area (Å²) < 4.78 is 22.6. The third-order valence-corrected chi connectivity index (χ3v) is 5.64. The maximum Gasteiger partial charge on any atom is 0.225 e. The molecule has 2 N–H and O–H groups in total. The van der Waals surface area contributed by atoms with Crippen LogP contribution in [0.25, 0.3) is 0 Å². The lowest BCUT2D eigenvalue weighted by Gasteiger charge is -2.12. The van der Waals surface area contributed by atoms with E-state index in [-0.39, 0.29) is 29.9 Å². The second-order valence-electron chi connectivity index (χ2n) is 4.95. The van der Waals surface area contributed by atoms with Gasteiger partial charge in [-0.05, 0) is 18.6 Å². The van der Waals surface area contributed by atoms with Crippen LogP contribution in [0.15, 0.2) is 18.2 Å². The van der Waals surface area contributed by atoms with Gasteiger partial charge in [0.2, 0.25) is 5.91 Å². The monoisotopic (exact) mass is 350 g/mol. The van der Waals surface area contributed by atoms with Gasteiger partial charge < -0.3 is 10.6 Å². The number of halogens is 2. The fourth-order valence-electron chi connectivity index (χ4n) is 2.16. The number of anilines is 1. The molecule has 0 bridgehead atoms. The van der Waals surface area contributed by atoms with Crippen molar-refractivity contribution in [2.24, 2.45) is 0 Å². The number of hydrogen-bond donors (Lipinski definition) is 2. The van der Waals surface area contributed by atoms with E-state index in [1.807, 2.05) is 0 Å². The van der Waals surface area contributed by atoms with Gasteiger partial charge in [0.1, 0.15) is 0 Å². The lowest BCUT2D eigenvalue weighted by Crippen LogP contribution is -2.32. The molecule has 1 atom stereocenters. The van der Waals surface area contributed by atoms with E-state index in [9.17, 15) is 13.2 Å². The fourth-order valence-corrected chi connectivity index (χ4v) is 4.36. The molecule has 21 heavy (non-hydrogen) atoms. The quantitative estimate of drug-likeness (QED) is 0.852. The number of rotatable bonds is 5. The molecule has 1 saturated heterocycles. The van der Waals surface area contributed by atoms with Crippen LogP contribution in [0.1, 0.15) is 12.8 Å². The minimum absolute atomic E-state index is 0.0632. The highest BCUT2D eigenvalue weighted by atomic mass is 35.5. The second kappa shape index (κ2) is 6.96. The van der Waals surface area contributed by atoms with Gasteiger partial charge in [-0.15, -0.1) is 0 Å². The molecule has 1 heterocycles. The number of para-hydroxylation sites is 1. The summed E-state index contributed by atoms with van der Waals surface area (Å²) in [4.78, 5) is 11.8. The maximum absolute atomic E-state index is 11.8. The van der Waals surface area contributed by atoms with Crippen LogP contribution < -0.4 is 10.6 Å². The predicted molar refractivity (Wildman–Crippen MR) is 84.8 cm³/mol. The number of hydrogen-bond acceptors (Lipinski definition) is 4. The molecule has 0 aromatic heterocycles. The Kier molecular flexibility index (Phi) is 5.48. The van der Waals surface area contributed by atoms with E-state index in [0.29, 0.717) is 28.7 Å². The van der Waals surface area contributed by atoms with E-state index in [1.165, 1.54) is 0 Å². The topological polar surface area (TPSA) is 75.3 Å². The van der Waals surface area contributed by atoms with Crippen molar-refractivity contribution in [2.45, 2.75) is 18.9 Å². The number of benzene rings is 1. The molecule has 8 heteroatoms. The van der Waals surface area contributed by atoms with Crippen molar-refractivity contribution in [3.63, 3.8) is 0 Å². The summed E-state index contributed by atoms with van der Waals surface area (Å²) in [7, 11) is -2.90. The molecule has 1 amide bonds. The van der Waals surface area contributed by atoms with Gasteiger partial charge in [0.15, 0.2) is 9.84 Å². The molecule has 1 fully saturated rings. The Morgan fingerprint density at radius 2 is 1.95 bits per heavy atom. The highest BCUT2D eigenvalue weighted by Gasteiger charge is 2.27. The summed E-state index contributed by atoms with van der Waals surface area (Å²) in [5.41, 5.74) is 0.397. The minimum Gasteiger partial charge on any atom is -0.324 e. The van der Waals surface area contributed by atoms with Gasteiger partial charge in [-0.2, -0.15) is 0 Å². The Bertz CT molecular complexity index is 614. The number of carbonyl (C=O) groups is 1. The van der Waals surface area contributed by atoms with Crippen molar-refractivity contribution in [2.75, 3.05) is 23.4 Å². The van der Waals surface area contributed by atoms with E-state index < -0.39 is 9.84 Å². The van der Waals surface area contributed by atoms with Crippen molar-refractivity contribution in [1.29, 1.82) is 0 Å². The van der Waals surface area contributed by atoms with Crippen molar-refractivity contribution in [1.82, 2.24) is 5.32 Å². The van der Waals surface area contributed by atoms with Crippen molar-refractivity contribution < 1.29 is 13.2 Å². The predicted octanol–water partition coefficient (Wildman–Crippen LogP) is 2.10. The minimum atomic E-state index is -2.90. The Labute approximate surface area is 133 Å². The van der Waals surface area contributed by atoms with E-state index in [4.69, 9.17) is 23.2 Å². The zero-order chi connectivity index (χ0) is 15.5. The van der Waals surface area contributed by atoms with Crippen LogP contribution in [0.2, 0.25) is 10.0 Å². The van der Waals surface area contributed by atoms with Gasteiger partial charge in [-0.3, -0.25) is 4.79 Å². The second-order valence-corrected chi connectivity index (χ2v) is 7.99. The average Bonchev–Trinajstić information content (AvgIpc) is 2.74. The lowest BCUT2D eigenvalue weighted by atomic mass is 10.2. The van der Waals surface area contributed by atoms with Crippen LogP contribution in [0.4, 0.5) is 5.69 Å². The Morgan fingerprint density at radius 1 is 1.29 bits per heavy atom. The molecule has 0 aliphatic carbocycles. The molecule has 116 valence electrons. The molecule has 1 aliphatic rings. The van der Waals surface area contributed by atoms with Crippen molar-refractivity contribution in [3.8, 4) is 0 Å². The smallest absolute Gasteiger partial charge is 0.225 e.